The second-order valence-electron chi connectivity index (χ2n) is 10.3. The minimum absolute atomic E-state index is 0.0384. The zero-order chi connectivity index (χ0) is 23.6. The van der Waals surface area contributed by atoms with E-state index in [1.807, 2.05) is 27.7 Å². The van der Waals surface area contributed by atoms with Crippen molar-refractivity contribution in [1.82, 2.24) is 9.62 Å². The van der Waals surface area contributed by atoms with Crippen LogP contribution >= 0.6 is 0 Å². The normalized spacial score (nSPS) is 17.8. The topological polar surface area (TPSA) is 64.6 Å². The largest absolute Gasteiger partial charge is 0.598 e. The molecule has 8 heteroatoms. The van der Waals surface area contributed by atoms with E-state index in [2.05, 4.69) is 4.72 Å². The molecule has 0 radical (unpaired) electrons. The van der Waals surface area contributed by atoms with Crippen LogP contribution in [0, 0.1) is 5.92 Å². The molecule has 5 nitrogen and oxygen atoms in total. The average Bonchev–Trinajstić information content (AvgIpc) is 2.58. The molecule has 0 saturated carbocycles. The maximum absolute atomic E-state index is 14.9. The van der Waals surface area contributed by atoms with Gasteiger partial charge in [-0.2, -0.15) is 0 Å². The first kappa shape index (κ1) is 25.9. The third-order valence-corrected chi connectivity index (χ3v) is 6.80. The van der Waals surface area contributed by atoms with Crippen molar-refractivity contribution < 1.29 is 22.9 Å². The molecule has 0 spiro atoms. The van der Waals surface area contributed by atoms with Crippen LogP contribution < -0.4 is 4.72 Å². The predicted octanol–water partition coefficient (Wildman–Crippen LogP) is 5.54. The molecule has 176 valence electrons. The number of rotatable bonds is 7. The Morgan fingerprint density at radius 3 is 2.42 bits per heavy atom. The molecule has 2 atom stereocenters. The number of hydrogen-bond donors (Lipinski definition) is 1. The van der Waals surface area contributed by atoms with E-state index in [0.717, 1.165) is 0 Å². The van der Waals surface area contributed by atoms with Gasteiger partial charge in [0.25, 0.3) is 5.92 Å². The van der Waals surface area contributed by atoms with Crippen molar-refractivity contribution in [1.29, 1.82) is 0 Å². The van der Waals surface area contributed by atoms with Crippen molar-refractivity contribution in [2.75, 3.05) is 13.1 Å². The van der Waals surface area contributed by atoms with Gasteiger partial charge in [0.2, 0.25) is 0 Å². The van der Waals surface area contributed by atoms with Gasteiger partial charge in [0.05, 0.1) is 6.04 Å². The van der Waals surface area contributed by atoms with E-state index in [1.54, 1.807) is 37.8 Å². The lowest BCUT2D eigenvalue weighted by atomic mass is 9.91. The average molecular weight is 459 g/mol. The lowest BCUT2D eigenvalue weighted by Crippen LogP contribution is -2.51. The number of halogens is 2. The number of amides is 1. The molecular formula is C23H36F2N2O3S. The molecule has 1 aliphatic heterocycles. The van der Waals surface area contributed by atoms with Crippen molar-refractivity contribution in [2.24, 2.45) is 5.92 Å². The highest BCUT2D eigenvalue weighted by atomic mass is 32.2. The molecule has 1 amide bonds. The van der Waals surface area contributed by atoms with Crippen LogP contribution in [0.4, 0.5) is 13.6 Å². The zero-order valence-corrected chi connectivity index (χ0v) is 20.4. The molecule has 0 bridgehead atoms. The Morgan fingerprint density at radius 2 is 1.87 bits per heavy atom. The maximum Gasteiger partial charge on any atom is 0.410 e. The molecule has 31 heavy (non-hydrogen) atoms. The quantitative estimate of drug-likeness (QED) is 0.545. The highest BCUT2D eigenvalue weighted by molar-refractivity contribution is 7.90. The molecule has 0 aromatic heterocycles. The van der Waals surface area contributed by atoms with Gasteiger partial charge in [-0.3, -0.25) is 0 Å². The minimum atomic E-state index is -2.97. The number of hydrogen-bond acceptors (Lipinski definition) is 4. The molecule has 1 aromatic rings. The highest BCUT2D eigenvalue weighted by Gasteiger charge is 2.38. The van der Waals surface area contributed by atoms with Gasteiger partial charge in [0, 0.05) is 36.4 Å². The Bertz CT molecular complexity index is 756. The molecule has 1 unspecified atom stereocenters. The number of ether oxygens (including phenoxy) is 1. The molecule has 1 N–H and O–H groups in total. The summed E-state index contributed by atoms with van der Waals surface area (Å²) in [6.45, 7) is 13.7. The van der Waals surface area contributed by atoms with E-state index in [0.29, 0.717) is 25.1 Å². The number of nitrogens with one attached hydrogen (secondary N) is 1. The summed E-state index contributed by atoms with van der Waals surface area (Å²) in [6, 6.07) is 5.99. The smallest absolute Gasteiger partial charge is 0.410 e. The van der Waals surface area contributed by atoms with Crippen molar-refractivity contribution in [3.8, 4) is 0 Å². The molecule has 1 saturated heterocycles. The van der Waals surface area contributed by atoms with Gasteiger partial charge in [-0.15, -0.1) is 4.72 Å². The van der Waals surface area contributed by atoms with Crippen LogP contribution in [0.2, 0.25) is 0 Å². The third-order valence-electron chi connectivity index (χ3n) is 5.12. The Kier molecular flexibility index (Phi) is 8.04. The maximum atomic E-state index is 14.9. The lowest BCUT2D eigenvalue weighted by Gasteiger charge is -2.40. The van der Waals surface area contributed by atoms with Crippen molar-refractivity contribution in [3.63, 3.8) is 0 Å². The Balaban J connectivity index is 1.90. The third kappa shape index (κ3) is 7.61. The molecule has 1 fully saturated rings. The van der Waals surface area contributed by atoms with Gasteiger partial charge < -0.3 is 14.2 Å². The molecule has 2 rings (SSSR count). The Hall–Kier alpha value is -1.38. The molecular weight excluding hydrogens is 422 g/mol. The summed E-state index contributed by atoms with van der Waals surface area (Å²) >= 11 is -1.29. The van der Waals surface area contributed by atoms with E-state index < -0.39 is 33.7 Å². The van der Waals surface area contributed by atoms with Gasteiger partial charge in [-0.05, 0) is 72.4 Å². The Morgan fingerprint density at radius 1 is 1.26 bits per heavy atom. The number of carbonyl (C=O) groups is 1. The van der Waals surface area contributed by atoms with Crippen LogP contribution in [0.25, 0.3) is 0 Å². The predicted molar refractivity (Wildman–Crippen MR) is 120 cm³/mol. The number of benzene rings is 1. The van der Waals surface area contributed by atoms with E-state index >= 15 is 0 Å². The van der Waals surface area contributed by atoms with Gasteiger partial charge in [0.1, 0.15) is 10.3 Å². The van der Waals surface area contributed by atoms with E-state index in [9.17, 15) is 18.1 Å². The summed E-state index contributed by atoms with van der Waals surface area (Å²) in [7, 11) is 0. The first-order valence-corrected chi connectivity index (χ1v) is 11.9. The minimum Gasteiger partial charge on any atom is -0.598 e. The van der Waals surface area contributed by atoms with Gasteiger partial charge in [-0.1, -0.05) is 18.2 Å². The monoisotopic (exact) mass is 458 g/mol. The standard InChI is InChI=1S/C23H36F2N2O3S/c1-16(26-31(29)22(5,6)7)18-9-8-10-19(13-18)23(24,25)12-11-17-14-27(15-17)20(28)30-21(2,3)4/h8-10,13,16-17,26H,11-12,14-15H2,1-7H3/t16-,31?/m0/s1. The second kappa shape index (κ2) is 9.63. The van der Waals surface area contributed by atoms with Crippen LogP contribution in [0.15, 0.2) is 24.3 Å². The zero-order valence-electron chi connectivity index (χ0n) is 19.6. The number of alkyl halides is 2. The fraction of sp³-hybridized carbons (Fsp3) is 0.696. The number of carbonyl (C=O) groups excluding carboxylic acids is 1. The fourth-order valence-corrected chi connectivity index (χ4v) is 4.01. The van der Waals surface area contributed by atoms with Crippen molar-refractivity contribution >= 4 is 17.5 Å². The molecule has 1 aliphatic rings. The van der Waals surface area contributed by atoms with Gasteiger partial charge in [0.15, 0.2) is 0 Å². The van der Waals surface area contributed by atoms with E-state index in [4.69, 9.17) is 4.74 Å². The molecule has 0 aliphatic carbocycles. The molecule has 1 heterocycles. The summed E-state index contributed by atoms with van der Waals surface area (Å²) in [4.78, 5) is 13.5. The van der Waals surface area contributed by atoms with Crippen LogP contribution in [-0.2, 0) is 22.0 Å². The first-order chi connectivity index (χ1) is 14.1. The molecule has 1 aromatic carbocycles. The second-order valence-corrected chi connectivity index (χ2v) is 12.3. The lowest BCUT2D eigenvalue weighted by molar-refractivity contribution is -0.0338. The van der Waals surface area contributed by atoms with Crippen molar-refractivity contribution in [2.45, 2.75) is 83.6 Å². The van der Waals surface area contributed by atoms with E-state index in [1.165, 1.54) is 12.1 Å². The summed E-state index contributed by atoms with van der Waals surface area (Å²) in [5.41, 5.74) is 0.0733. The summed E-state index contributed by atoms with van der Waals surface area (Å²) in [5.74, 6) is -2.91. The van der Waals surface area contributed by atoms with Crippen LogP contribution in [0.5, 0.6) is 0 Å². The van der Waals surface area contributed by atoms with Crippen LogP contribution in [0.3, 0.4) is 0 Å². The summed E-state index contributed by atoms with van der Waals surface area (Å²) in [5, 5.41) is 0. The van der Waals surface area contributed by atoms with Crippen molar-refractivity contribution in [3.05, 3.63) is 35.4 Å². The highest BCUT2D eigenvalue weighted by Crippen LogP contribution is 2.37. The van der Waals surface area contributed by atoms with E-state index in [-0.39, 0.29) is 23.9 Å². The summed E-state index contributed by atoms with van der Waals surface area (Å²) < 4.78 is 49.9. The first-order valence-electron chi connectivity index (χ1n) is 10.7. The van der Waals surface area contributed by atoms with Crippen LogP contribution in [0.1, 0.15) is 78.5 Å². The van der Waals surface area contributed by atoms with Crippen LogP contribution in [-0.4, -0.2) is 39.0 Å². The summed E-state index contributed by atoms with van der Waals surface area (Å²) in [6.07, 6.45) is -0.338. The fourth-order valence-electron chi connectivity index (χ4n) is 3.20. The van der Waals surface area contributed by atoms with Gasteiger partial charge >= 0.3 is 6.09 Å². The number of likely N-dealkylation sites (tertiary alicyclic amines) is 1. The Labute approximate surface area is 188 Å². The number of nitrogens with zero attached hydrogens (tertiary/aromatic N) is 1. The SMILES string of the molecule is C[C@H](N[S+]([O-])C(C)(C)C)c1cccc(C(F)(F)CCC2CN(C(=O)OC(C)(C)C)C2)c1. The van der Waals surface area contributed by atoms with Gasteiger partial charge in [-0.25, -0.2) is 13.6 Å².